The van der Waals surface area contributed by atoms with Crippen LogP contribution in [0, 0.1) is 12.7 Å². The number of aryl methyl sites for hydroxylation is 2. The molecule has 7 nitrogen and oxygen atoms in total. The summed E-state index contributed by atoms with van der Waals surface area (Å²) < 4.78 is 20.7. The highest BCUT2D eigenvalue weighted by Crippen LogP contribution is 2.25. The van der Waals surface area contributed by atoms with E-state index in [0.717, 1.165) is 11.3 Å². The largest absolute Gasteiger partial charge is 0.462 e. The standard InChI is InChI=1S/C28H27FN4O3/c1-3-36-28(35)20-9-12-24(13-10-20)33-26(21-7-4-8-22(29)16-21)17-23(32-33)11-14-27(34)31-18-25-19(2)6-5-15-30-25/h4-10,12-13,15-17H,3,11,14,18H2,1-2H3,(H,31,34). The van der Waals surface area contributed by atoms with Crippen LogP contribution < -0.4 is 5.32 Å². The number of hydrogen-bond acceptors (Lipinski definition) is 5. The van der Waals surface area contributed by atoms with Crippen LogP contribution in [0.1, 0.15) is 40.7 Å². The zero-order chi connectivity index (χ0) is 25.5. The van der Waals surface area contributed by atoms with Gasteiger partial charge < -0.3 is 10.1 Å². The second-order valence-corrected chi connectivity index (χ2v) is 8.25. The molecule has 2 aromatic carbocycles. The van der Waals surface area contributed by atoms with Crippen molar-refractivity contribution in [2.75, 3.05) is 6.61 Å². The van der Waals surface area contributed by atoms with Gasteiger partial charge in [-0.3, -0.25) is 9.78 Å². The van der Waals surface area contributed by atoms with Crippen LogP contribution in [0.15, 0.2) is 72.9 Å². The highest BCUT2D eigenvalue weighted by Gasteiger charge is 2.15. The summed E-state index contributed by atoms with van der Waals surface area (Å²) in [6.07, 6.45) is 2.35. The topological polar surface area (TPSA) is 86.1 Å². The Balaban J connectivity index is 1.53. The quantitative estimate of drug-likeness (QED) is 0.343. The minimum Gasteiger partial charge on any atom is -0.462 e. The van der Waals surface area contributed by atoms with Crippen LogP contribution in [0.3, 0.4) is 0 Å². The number of esters is 1. The Morgan fingerprint density at radius 2 is 1.86 bits per heavy atom. The second kappa shape index (κ2) is 11.4. The Morgan fingerprint density at radius 1 is 1.06 bits per heavy atom. The molecule has 184 valence electrons. The highest BCUT2D eigenvalue weighted by atomic mass is 19.1. The average molecular weight is 487 g/mol. The van der Waals surface area contributed by atoms with Gasteiger partial charge in [-0.15, -0.1) is 0 Å². The molecule has 36 heavy (non-hydrogen) atoms. The first-order chi connectivity index (χ1) is 17.4. The molecule has 1 amide bonds. The summed E-state index contributed by atoms with van der Waals surface area (Å²) >= 11 is 0. The lowest BCUT2D eigenvalue weighted by Gasteiger charge is -2.09. The number of carbonyl (C=O) groups is 2. The number of hydrogen-bond donors (Lipinski definition) is 1. The van der Waals surface area contributed by atoms with Crippen molar-refractivity contribution in [2.24, 2.45) is 0 Å². The molecule has 2 heterocycles. The lowest BCUT2D eigenvalue weighted by atomic mass is 10.1. The van der Waals surface area contributed by atoms with E-state index >= 15 is 0 Å². The number of nitrogens with one attached hydrogen (secondary N) is 1. The first-order valence-electron chi connectivity index (χ1n) is 11.7. The molecule has 4 aromatic rings. The SMILES string of the molecule is CCOC(=O)c1ccc(-n2nc(CCC(=O)NCc3ncccc3C)cc2-c2cccc(F)c2)cc1. The van der Waals surface area contributed by atoms with Crippen molar-refractivity contribution >= 4 is 11.9 Å². The van der Waals surface area contributed by atoms with Gasteiger partial charge in [-0.25, -0.2) is 13.9 Å². The van der Waals surface area contributed by atoms with E-state index in [0.29, 0.717) is 47.8 Å². The van der Waals surface area contributed by atoms with Gasteiger partial charge in [0.05, 0.1) is 41.5 Å². The zero-order valence-corrected chi connectivity index (χ0v) is 20.2. The third-order valence-corrected chi connectivity index (χ3v) is 5.68. The number of nitrogens with zero attached hydrogens (tertiary/aromatic N) is 3. The first-order valence-corrected chi connectivity index (χ1v) is 11.7. The molecule has 0 unspecified atom stereocenters. The van der Waals surface area contributed by atoms with Crippen LogP contribution in [0.25, 0.3) is 16.9 Å². The molecule has 0 fully saturated rings. The number of pyridine rings is 1. The average Bonchev–Trinajstić information content (AvgIpc) is 3.32. The van der Waals surface area contributed by atoms with E-state index < -0.39 is 5.97 Å². The predicted octanol–water partition coefficient (Wildman–Crippen LogP) is 4.81. The summed E-state index contributed by atoms with van der Waals surface area (Å²) in [7, 11) is 0. The Kier molecular flexibility index (Phi) is 7.85. The molecule has 4 rings (SSSR count). The Bertz CT molecular complexity index is 1370. The molecular formula is C28H27FN4O3. The van der Waals surface area contributed by atoms with Crippen molar-refractivity contribution in [1.29, 1.82) is 0 Å². The van der Waals surface area contributed by atoms with Gasteiger partial charge in [0.1, 0.15) is 5.82 Å². The van der Waals surface area contributed by atoms with Crippen LogP contribution in [0.5, 0.6) is 0 Å². The number of benzene rings is 2. The van der Waals surface area contributed by atoms with E-state index in [2.05, 4.69) is 15.4 Å². The molecular weight excluding hydrogens is 459 g/mol. The summed E-state index contributed by atoms with van der Waals surface area (Å²) in [5, 5.41) is 7.59. The third-order valence-electron chi connectivity index (χ3n) is 5.68. The lowest BCUT2D eigenvalue weighted by Crippen LogP contribution is -2.24. The van der Waals surface area contributed by atoms with Crippen molar-refractivity contribution in [3.05, 3.63) is 101 Å². The summed E-state index contributed by atoms with van der Waals surface area (Å²) in [4.78, 5) is 28.8. The van der Waals surface area contributed by atoms with Crippen molar-refractivity contribution in [3.63, 3.8) is 0 Å². The van der Waals surface area contributed by atoms with Gasteiger partial charge in [-0.2, -0.15) is 5.10 Å². The monoisotopic (exact) mass is 486 g/mol. The minimum atomic E-state index is -0.400. The molecule has 0 radical (unpaired) electrons. The second-order valence-electron chi connectivity index (χ2n) is 8.25. The normalized spacial score (nSPS) is 10.8. The maximum atomic E-state index is 14.0. The number of rotatable bonds is 9. The number of carbonyl (C=O) groups excluding carboxylic acids is 2. The minimum absolute atomic E-state index is 0.110. The van der Waals surface area contributed by atoms with E-state index in [4.69, 9.17) is 4.74 Å². The highest BCUT2D eigenvalue weighted by molar-refractivity contribution is 5.89. The molecule has 8 heteroatoms. The van der Waals surface area contributed by atoms with Gasteiger partial charge in [0.15, 0.2) is 0 Å². The van der Waals surface area contributed by atoms with Gasteiger partial charge in [0.25, 0.3) is 0 Å². The fourth-order valence-electron chi connectivity index (χ4n) is 3.77. The fourth-order valence-corrected chi connectivity index (χ4v) is 3.77. The maximum Gasteiger partial charge on any atom is 0.338 e. The molecule has 0 aliphatic carbocycles. The molecule has 2 aromatic heterocycles. The summed E-state index contributed by atoms with van der Waals surface area (Å²) in [5.74, 6) is -0.869. The summed E-state index contributed by atoms with van der Waals surface area (Å²) in [6.45, 7) is 4.36. The first kappa shape index (κ1) is 24.8. The van der Waals surface area contributed by atoms with Gasteiger partial charge in [0, 0.05) is 24.6 Å². The maximum absolute atomic E-state index is 14.0. The third kappa shape index (κ3) is 6.02. The smallest absolute Gasteiger partial charge is 0.338 e. The number of amides is 1. The van der Waals surface area contributed by atoms with E-state index in [-0.39, 0.29) is 18.1 Å². The van der Waals surface area contributed by atoms with Gasteiger partial charge in [-0.05, 0) is 67.9 Å². The van der Waals surface area contributed by atoms with E-state index in [1.807, 2.05) is 25.1 Å². The number of aromatic nitrogens is 3. The predicted molar refractivity (Wildman–Crippen MR) is 134 cm³/mol. The fraction of sp³-hybridized carbons (Fsp3) is 0.214. The van der Waals surface area contributed by atoms with Crippen molar-refractivity contribution in [2.45, 2.75) is 33.2 Å². The Labute approximate surface area is 209 Å². The molecule has 0 bridgehead atoms. The summed E-state index contributed by atoms with van der Waals surface area (Å²) in [5.41, 5.74) is 4.99. The van der Waals surface area contributed by atoms with Crippen molar-refractivity contribution in [3.8, 4) is 16.9 Å². The van der Waals surface area contributed by atoms with Crippen LogP contribution >= 0.6 is 0 Å². The molecule has 0 aliphatic rings. The van der Waals surface area contributed by atoms with Gasteiger partial charge in [-0.1, -0.05) is 18.2 Å². The Hall–Kier alpha value is -4.33. The van der Waals surface area contributed by atoms with Crippen LogP contribution in [-0.2, 0) is 22.5 Å². The van der Waals surface area contributed by atoms with Gasteiger partial charge >= 0.3 is 5.97 Å². The number of halogens is 1. The van der Waals surface area contributed by atoms with Gasteiger partial charge in [0.2, 0.25) is 5.91 Å². The van der Waals surface area contributed by atoms with Crippen molar-refractivity contribution < 1.29 is 18.7 Å². The molecule has 0 saturated carbocycles. The van der Waals surface area contributed by atoms with E-state index in [1.54, 1.807) is 54.2 Å². The molecule has 0 spiro atoms. The lowest BCUT2D eigenvalue weighted by molar-refractivity contribution is -0.121. The van der Waals surface area contributed by atoms with Crippen LogP contribution in [0.4, 0.5) is 4.39 Å². The number of ether oxygens (including phenoxy) is 1. The molecule has 0 atom stereocenters. The van der Waals surface area contributed by atoms with Crippen molar-refractivity contribution in [1.82, 2.24) is 20.1 Å². The zero-order valence-electron chi connectivity index (χ0n) is 20.2. The van der Waals surface area contributed by atoms with E-state index in [1.165, 1.54) is 12.1 Å². The van der Waals surface area contributed by atoms with E-state index in [9.17, 15) is 14.0 Å². The molecule has 0 aliphatic heterocycles. The molecule has 1 N–H and O–H groups in total. The Morgan fingerprint density at radius 3 is 2.58 bits per heavy atom. The molecule has 0 saturated heterocycles. The van der Waals surface area contributed by atoms with Crippen LogP contribution in [0.2, 0.25) is 0 Å². The van der Waals surface area contributed by atoms with Crippen LogP contribution in [-0.4, -0.2) is 33.2 Å². The summed E-state index contributed by atoms with van der Waals surface area (Å²) in [6, 6.07) is 18.8.